The van der Waals surface area contributed by atoms with Crippen molar-refractivity contribution in [1.82, 2.24) is 9.88 Å². The number of amides is 1. The summed E-state index contributed by atoms with van der Waals surface area (Å²) in [6.45, 7) is 6.46. The SMILES string of the molecule is CC(C)(C)OC(=O)N1CCCC(C#N)(c2ccccn2)C1. The van der Waals surface area contributed by atoms with Gasteiger partial charge < -0.3 is 9.64 Å². The lowest BCUT2D eigenvalue weighted by Crippen LogP contribution is -2.49. The third-order valence-electron chi connectivity index (χ3n) is 3.51. The first-order valence-electron chi connectivity index (χ1n) is 7.17. The third-order valence-corrected chi connectivity index (χ3v) is 3.51. The van der Waals surface area contributed by atoms with E-state index in [9.17, 15) is 10.1 Å². The van der Waals surface area contributed by atoms with E-state index >= 15 is 0 Å². The van der Waals surface area contributed by atoms with Gasteiger partial charge in [0.1, 0.15) is 11.0 Å². The van der Waals surface area contributed by atoms with Gasteiger partial charge in [0.2, 0.25) is 0 Å². The molecule has 5 nitrogen and oxygen atoms in total. The second kappa shape index (κ2) is 5.72. The molecule has 1 aliphatic heterocycles. The van der Waals surface area contributed by atoms with E-state index in [1.54, 1.807) is 11.1 Å². The zero-order valence-corrected chi connectivity index (χ0v) is 12.8. The molecular formula is C16H21N3O2. The molecule has 2 heterocycles. The van der Waals surface area contributed by atoms with Gasteiger partial charge in [-0.2, -0.15) is 5.26 Å². The lowest BCUT2D eigenvalue weighted by Gasteiger charge is -2.38. The molecule has 0 radical (unpaired) electrons. The van der Waals surface area contributed by atoms with Crippen molar-refractivity contribution in [2.45, 2.75) is 44.6 Å². The highest BCUT2D eigenvalue weighted by Crippen LogP contribution is 2.32. The number of nitriles is 1. The van der Waals surface area contributed by atoms with Crippen molar-refractivity contribution in [3.8, 4) is 6.07 Å². The van der Waals surface area contributed by atoms with Crippen LogP contribution >= 0.6 is 0 Å². The molecule has 1 aromatic heterocycles. The number of rotatable bonds is 1. The number of hydrogen-bond acceptors (Lipinski definition) is 4. The summed E-state index contributed by atoms with van der Waals surface area (Å²) >= 11 is 0. The van der Waals surface area contributed by atoms with Crippen molar-refractivity contribution in [3.05, 3.63) is 30.1 Å². The Hall–Kier alpha value is -2.09. The van der Waals surface area contributed by atoms with Gasteiger partial charge in [-0.1, -0.05) is 6.07 Å². The fourth-order valence-corrected chi connectivity index (χ4v) is 2.54. The summed E-state index contributed by atoms with van der Waals surface area (Å²) in [6.07, 6.45) is 2.79. The molecule has 1 amide bonds. The molecular weight excluding hydrogens is 266 g/mol. The summed E-state index contributed by atoms with van der Waals surface area (Å²) in [4.78, 5) is 18.2. The molecule has 5 heteroatoms. The van der Waals surface area contributed by atoms with Crippen molar-refractivity contribution in [1.29, 1.82) is 5.26 Å². The molecule has 0 N–H and O–H groups in total. The Kier molecular flexibility index (Phi) is 4.17. The fraction of sp³-hybridized carbons (Fsp3) is 0.562. The van der Waals surface area contributed by atoms with E-state index in [4.69, 9.17) is 4.74 Å². The van der Waals surface area contributed by atoms with Gasteiger partial charge in [-0.3, -0.25) is 4.98 Å². The van der Waals surface area contributed by atoms with Gasteiger partial charge in [0.15, 0.2) is 0 Å². The molecule has 0 bridgehead atoms. The number of aromatic nitrogens is 1. The van der Waals surface area contributed by atoms with E-state index in [1.807, 2.05) is 39.0 Å². The second-order valence-electron chi connectivity index (χ2n) is 6.41. The monoisotopic (exact) mass is 287 g/mol. The topological polar surface area (TPSA) is 66.2 Å². The standard InChI is InChI=1S/C16H21N3O2/c1-15(2,3)21-14(20)19-10-6-8-16(11-17,12-19)13-7-4-5-9-18-13/h4-5,7,9H,6,8,10,12H2,1-3H3. The smallest absolute Gasteiger partial charge is 0.410 e. The number of hydrogen-bond donors (Lipinski definition) is 0. The van der Waals surface area contributed by atoms with E-state index < -0.39 is 11.0 Å². The van der Waals surface area contributed by atoms with Gasteiger partial charge >= 0.3 is 6.09 Å². The number of nitrogens with zero attached hydrogens (tertiary/aromatic N) is 3. The van der Waals surface area contributed by atoms with Crippen molar-refractivity contribution in [3.63, 3.8) is 0 Å². The Morgan fingerprint density at radius 1 is 1.48 bits per heavy atom. The Morgan fingerprint density at radius 3 is 2.81 bits per heavy atom. The molecule has 1 atom stereocenters. The Bertz CT molecular complexity index is 545. The van der Waals surface area contributed by atoms with E-state index in [1.165, 1.54) is 0 Å². The van der Waals surface area contributed by atoms with Crippen LogP contribution in [0.4, 0.5) is 4.79 Å². The van der Waals surface area contributed by atoms with Crippen LogP contribution in [0.1, 0.15) is 39.3 Å². The molecule has 21 heavy (non-hydrogen) atoms. The normalized spacial score (nSPS) is 22.5. The molecule has 0 spiro atoms. The minimum Gasteiger partial charge on any atom is -0.444 e. The maximum Gasteiger partial charge on any atom is 0.410 e. The zero-order valence-electron chi connectivity index (χ0n) is 12.8. The lowest BCUT2D eigenvalue weighted by atomic mass is 9.78. The average Bonchev–Trinajstić information content (AvgIpc) is 2.46. The summed E-state index contributed by atoms with van der Waals surface area (Å²) in [5.41, 5.74) is -0.550. The number of pyridine rings is 1. The van der Waals surface area contributed by atoms with Crippen LogP contribution in [0.2, 0.25) is 0 Å². The maximum atomic E-state index is 12.2. The maximum absolute atomic E-state index is 12.2. The first kappa shape index (κ1) is 15.3. The number of ether oxygens (including phenoxy) is 1. The summed E-state index contributed by atoms with van der Waals surface area (Å²) in [5, 5.41) is 9.66. The Labute approximate surface area is 125 Å². The van der Waals surface area contributed by atoms with Crippen molar-refractivity contribution < 1.29 is 9.53 Å². The first-order chi connectivity index (χ1) is 9.86. The number of piperidine rings is 1. The second-order valence-corrected chi connectivity index (χ2v) is 6.41. The van der Waals surface area contributed by atoms with E-state index in [2.05, 4.69) is 11.1 Å². The van der Waals surface area contributed by atoms with Gasteiger partial charge in [0.05, 0.1) is 11.8 Å². The summed E-state index contributed by atoms with van der Waals surface area (Å²) in [5.74, 6) is 0. The largest absolute Gasteiger partial charge is 0.444 e. The van der Waals surface area contributed by atoms with Gasteiger partial charge in [0.25, 0.3) is 0 Å². The van der Waals surface area contributed by atoms with Crippen molar-refractivity contribution >= 4 is 6.09 Å². The summed E-state index contributed by atoms with van der Waals surface area (Å²) < 4.78 is 5.41. The molecule has 1 aliphatic rings. The van der Waals surface area contributed by atoms with Crippen LogP contribution in [0.15, 0.2) is 24.4 Å². The molecule has 112 valence electrons. The van der Waals surface area contributed by atoms with Gasteiger partial charge in [-0.25, -0.2) is 4.79 Å². The van der Waals surface area contributed by atoms with Gasteiger partial charge in [-0.15, -0.1) is 0 Å². The molecule has 0 saturated carbocycles. The van der Waals surface area contributed by atoms with E-state index in [0.717, 1.165) is 12.1 Å². The highest BCUT2D eigenvalue weighted by molar-refractivity contribution is 5.68. The average molecular weight is 287 g/mol. The summed E-state index contributed by atoms with van der Waals surface area (Å²) in [7, 11) is 0. The van der Waals surface area contributed by atoms with Crippen LogP contribution < -0.4 is 0 Å². The molecule has 1 aromatic rings. The molecule has 1 unspecified atom stereocenters. The van der Waals surface area contributed by atoms with Crippen molar-refractivity contribution in [2.24, 2.45) is 0 Å². The van der Waals surface area contributed by atoms with Crippen LogP contribution in [0, 0.1) is 11.3 Å². The number of carbonyl (C=O) groups excluding carboxylic acids is 1. The highest BCUT2D eigenvalue weighted by atomic mass is 16.6. The van der Waals surface area contributed by atoms with Crippen LogP contribution in [0.5, 0.6) is 0 Å². The highest BCUT2D eigenvalue weighted by Gasteiger charge is 2.41. The van der Waals surface area contributed by atoms with Crippen LogP contribution in [0.25, 0.3) is 0 Å². The number of likely N-dealkylation sites (tertiary alicyclic amines) is 1. The summed E-state index contributed by atoms with van der Waals surface area (Å²) in [6, 6.07) is 7.91. The molecule has 2 rings (SSSR count). The quantitative estimate of drug-likeness (QED) is 0.796. The number of carbonyl (C=O) groups is 1. The van der Waals surface area contributed by atoms with Gasteiger partial charge in [-0.05, 0) is 45.7 Å². The Morgan fingerprint density at radius 2 is 2.24 bits per heavy atom. The molecule has 0 aromatic carbocycles. The molecule has 0 aliphatic carbocycles. The minimum atomic E-state index is -0.740. The predicted octanol–water partition coefficient (Wildman–Crippen LogP) is 2.87. The van der Waals surface area contributed by atoms with Crippen LogP contribution in [0.3, 0.4) is 0 Å². The molecule has 1 saturated heterocycles. The van der Waals surface area contributed by atoms with Gasteiger partial charge in [0, 0.05) is 19.3 Å². The fourth-order valence-electron chi connectivity index (χ4n) is 2.54. The van der Waals surface area contributed by atoms with E-state index in [0.29, 0.717) is 19.5 Å². The van der Waals surface area contributed by atoms with Crippen LogP contribution in [-0.4, -0.2) is 34.7 Å². The lowest BCUT2D eigenvalue weighted by molar-refractivity contribution is 0.0166. The molecule has 1 fully saturated rings. The Balaban J connectivity index is 2.20. The zero-order chi connectivity index (χ0) is 15.5. The predicted molar refractivity (Wildman–Crippen MR) is 78.6 cm³/mol. The van der Waals surface area contributed by atoms with E-state index in [-0.39, 0.29) is 6.09 Å². The third kappa shape index (κ3) is 3.52. The van der Waals surface area contributed by atoms with Crippen molar-refractivity contribution in [2.75, 3.05) is 13.1 Å². The van der Waals surface area contributed by atoms with Crippen LogP contribution in [-0.2, 0) is 10.2 Å². The minimum absolute atomic E-state index is 0.329. The first-order valence-corrected chi connectivity index (χ1v) is 7.17.